The van der Waals surface area contributed by atoms with E-state index in [0.717, 1.165) is 12.2 Å². The third-order valence-electron chi connectivity index (χ3n) is 4.46. The van der Waals surface area contributed by atoms with Gasteiger partial charge in [0.1, 0.15) is 5.69 Å². The van der Waals surface area contributed by atoms with E-state index in [1.807, 2.05) is 17.2 Å². The van der Waals surface area contributed by atoms with Crippen molar-refractivity contribution in [2.24, 2.45) is 0 Å². The summed E-state index contributed by atoms with van der Waals surface area (Å²) in [7, 11) is 0. The van der Waals surface area contributed by atoms with Crippen molar-refractivity contribution in [1.29, 1.82) is 0 Å². The minimum absolute atomic E-state index is 0.0182. The number of pyridine rings is 1. The van der Waals surface area contributed by atoms with E-state index in [0.29, 0.717) is 37.4 Å². The van der Waals surface area contributed by atoms with Crippen LogP contribution in [0.4, 0.5) is 5.69 Å². The number of amides is 1. The first-order valence-electron chi connectivity index (χ1n) is 6.90. The van der Waals surface area contributed by atoms with Gasteiger partial charge in [0.05, 0.1) is 13.2 Å². The molecule has 100 valence electrons. The molecule has 3 aliphatic rings. The molecule has 1 aliphatic carbocycles. The zero-order valence-corrected chi connectivity index (χ0v) is 10.8. The molecule has 1 aromatic rings. The molecule has 1 saturated carbocycles. The highest BCUT2D eigenvalue weighted by atomic mass is 16.5. The summed E-state index contributed by atoms with van der Waals surface area (Å²) in [6.07, 6.45) is 4.38. The average Bonchev–Trinajstić information content (AvgIpc) is 3.17. The lowest BCUT2D eigenvalue weighted by molar-refractivity contribution is 0.0299. The van der Waals surface area contributed by atoms with E-state index in [1.165, 1.54) is 18.4 Å². The summed E-state index contributed by atoms with van der Waals surface area (Å²) in [6.45, 7) is 3.57. The first kappa shape index (κ1) is 11.2. The number of nitrogens with one attached hydrogen (secondary N) is 1. The van der Waals surface area contributed by atoms with Crippen molar-refractivity contribution in [2.75, 3.05) is 38.2 Å². The van der Waals surface area contributed by atoms with Crippen LogP contribution in [0.5, 0.6) is 0 Å². The molecule has 0 atom stereocenters. The fraction of sp³-hybridized carbons (Fsp3) is 0.571. The van der Waals surface area contributed by atoms with Crippen LogP contribution in [0, 0.1) is 0 Å². The topological polar surface area (TPSA) is 54.5 Å². The van der Waals surface area contributed by atoms with Crippen molar-refractivity contribution in [1.82, 2.24) is 9.88 Å². The van der Waals surface area contributed by atoms with Gasteiger partial charge < -0.3 is 15.0 Å². The van der Waals surface area contributed by atoms with E-state index >= 15 is 0 Å². The average molecular weight is 259 g/mol. The Bertz CT molecular complexity index is 533. The van der Waals surface area contributed by atoms with Gasteiger partial charge in [0.15, 0.2) is 0 Å². The Labute approximate surface area is 112 Å². The van der Waals surface area contributed by atoms with E-state index in [4.69, 9.17) is 4.74 Å². The number of ether oxygens (including phenoxy) is 1. The van der Waals surface area contributed by atoms with Gasteiger partial charge in [-0.1, -0.05) is 0 Å². The number of carbonyl (C=O) groups excluding carboxylic acids is 1. The Kier molecular flexibility index (Phi) is 2.33. The molecule has 0 aromatic carbocycles. The maximum atomic E-state index is 12.4. The van der Waals surface area contributed by atoms with Crippen molar-refractivity contribution in [3.8, 4) is 0 Å². The minimum atomic E-state index is 0.0182. The predicted octanol–water partition coefficient (Wildman–Crippen LogP) is 1.01. The summed E-state index contributed by atoms with van der Waals surface area (Å²) in [5.41, 5.74) is 3.28. The summed E-state index contributed by atoms with van der Waals surface area (Å²) in [5.74, 6) is 0.0182. The highest BCUT2D eigenvalue weighted by molar-refractivity contribution is 5.93. The molecule has 19 heavy (non-hydrogen) atoms. The molecule has 5 heteroatoms. The second kappa shape index (κ2) is 3.93. The van der Waals surface area contributed by atoms with E-state index in [-0.39, 0.29) is 5.91 Å². The molecule has 1 spiro atoms. The molecule has 0 bridgehead atoms. The Morgan fingerprint density at radius 1 is 1.37 bits per heavy atom. The van der Waals surface area contributed by atoms with Crippen LogP contribution in [0.2, 0.25) is 0 Å². The van der Waals surface area contributed by atoms with Crippen LogP contribution in [0.15, 0.2) is 12.3 Å². The second-order valence-corrected chi connectivity index (χ2v) is 5.65. The van der Waals surface area contributed by atoms with E-state index in [9.17, 15) is 4.79 Å². The summed E-state index contributed by atoms with van der Waals surface area (Å²) in [5, 5.41) is 3.42. The number of morpholine rings is 1. The van der Waals surface area contributed by atoms with Gasteiger partial charge in [0, 0.05) is 42.5 Å². The molecule has 1 aromatic heterocycles. The Hall–Kier alpha value is -1.62. The molecule has 1 N–H and O–H groups in total. The van der Waals surface area contributed by atoms with Crippen molar-refractivity contribution in [3.63, 3.8) is 0 Å². The normalized spacial score (nSPS) is 23.1. The summed E-state index contributed by atoms with van der Waals surface area (Å²) < 4.78 is 5.27. The number of hydrogen-bond acceptors (Lipinski definition) is 4. The van der Waals surface area contributed by atoms with Gasteiger partial charge in [-0.05, 0) is 18.9 Å². The summed E-state index contributed by atoms with van der Waals surface area (Å²) in [4.78, 5) is 18.6. The third kappa shape index (κ3) is 1.72. The number of aromatic nitrogens is 1. The Balaban J connectivity index is 1.60. The van der Waals surface area contributed by atoms with Crippen LogP contribution in [0.1, 0.15) is 28.9 Å². The first-order chi connectivity index (χ1) is 9.28. The molecule has 1 amide bonds. The molecule has 5 nitrogen and oxygen atoms in total. The highest BCUT2D eigenvalue weighted by Gasteiger charge is 2.49. The predicted molar refractivity (Wildman–Crippen MR) is 70.4 cm³/mol. The molecule has 3 heterocycles. The van der Waals surface area contributed by atoms with Crippen molar-refractivity contribution in [2.45, 2.75) is 18.3 Å². The van der Waals surface area contributed by atoms with Crippen molar-refractivity contribution >= 4 is 11.6 Å². The summed E-state index contributed by atoms with van der Waals surface area (Å²) >= 11 is 0. The zero-order valence-electron chi connectivity index (χ0n) is 10.8. The van der Waals surface area contributed by atoms with E-state index < -0.39 is 0 Å². The van der Waals surface area contributed by atoms with Crippen molar-refractivity contribution < 1.29 is 9.53 Å². The fourth-order valence-electron chi connectivity index (χ4n) is 3.03. The van der Waals surface area contributed by atoms with Crippen LogP contribution in [-0.4, -0.2) is 48.6 Å². The molecular weight excluding hydrogens is 242 g/mol. The lowest BCUT2D eigenvalue weighted by Crippen LogP contribution is -2.41. The summed E-state index contributed by atoms with van der Waals surface area (Å²) in [6, 6.07) is 1.92. The van der Waals surface area contributed by atoms with E-state index in [2.05, 4.69) is 10.3 Å². The fourth-order valence-corrected chi connectivity index (χ4v) is 3.03. The monoisotopic (exact) mass is 259 g/mol. The second-order valence-electron chi connectivity index (χ2n) is 5.65. The number of hydrogen-bond donors (Lipinski definition) is 1. The maximum absolute atomic E-state index is 12.4. The molecule has 1 saturated heterocycles. The van der Waals surface area contributed by atoms with Gasteiger partial charge in [-0.3, -0.25) is 9.78 Å². The van der Waals surface area contributed by atoms with Gasteiger partial charge in [0.2, 0.25) is 0 Å². The van der Waals surface area contributed by atoms with Crippen LogP contribution in [0.25, 0.3) is 0 Å². The third-order valence-corrected chi connectivity index (χ3v) is 4.46. The molecule has 2 aliphatic heterocycles. The van der Waals surface area contributed by atoms with E-state index in [1.54, 1.807) is 0 Å². The lowest BCUT2D eigenvalue weighted by atomic mass is 10.0. The van der Waals surface area contributed by atoms with Crippen LogP contribution >= 0.6 is 0 Å². The molecule has 0 unspecified atom stereocenters. The lowest BCUT2D eigenvalue weighted by Gasteiger charge is -2.26. The molecule has 0 radical (unpaired) electrons. The maximum Gasteiger partial charge on any atom is 0.272 e. The SMILES string of the molecule is O=C(c1cc2c(cn1)C1(CC1)CN2)N1CCOCC1. The van der Waals surface area contributed by atoms with Gasteiger partial charge in [-0.15, -0.1) is 0 Å². The molecule has 2 fully saturated rings. The van der Waals surface area contributed by atoms with Gasteiger partial charge in [-0.25, -0.2) is 0 Å². The smallest absolute Gasteiger partial charge is 0.272 e. The van der Waals surface area contributed by atoms with Crippen molar-refractivity contribution in [3.05, 3.63) is 23.5 Å². The van der Waals surface area contributed by atoms with Gasteiger partial charge in [0.25, 0.3) is 5.91 Å². The van der Waals surface area contributed by atoms with Crippen LogP contribution in [-0.2, 0) is 10.2 Å². The van der Waals surface area contributed by atoms with Crippen LogP contribution in [0.3, 0.4) is 0 Å². The quantitative estimate of drug-likeness (QED) is 0.818. The Morgan fingerprint density at radius 2 is 2.16 bits per heavy atom. The highest BCUT2D eigenvalue weighted by Crippen LogP contribution is 2.53. The largest absolute Gasteiger partial charge is 0.384 e. The number of carbonyl (C=O) groups is 1. The van der Waals surface area contributed by atoms with Gasteiger partial charge in [-0.2, -0.15) is 0 Å². The van der Waals surface area contributed by atoms with Gasteiger partial charge >= 0.3 is 0 Å². The minimum Gasteiger partial charge on any atom is -0.384 e. The number of fused-ring (bicyclic) bond motifs is 2. The number of rotatable bonds is 1. The molecule has 4 rings (SSSR count). The zero-order chi connectivity index (χ0) is 12.9. The number of anilines is 1. The Morgan fingerprint density at radius 3 is 2.89 bits per heavy atom. The number of nitrogens with zero attached hydrogens (tertiary/aromatic N) is 2. The first-order valence-corrected chi connectivity index (χ1v) is 6.90. The van der Waals surface area contributed by atoms with Crippen LogP contribution < -0.4 is 5.32 Å². The molecular formula is C14H17N3O2. The standard InChI is InChI=1S/C14H17N3O2/c18-13(17-3-5-19-6-4-17)12-7-11-10(8-15-12)14(1-2-14)9-16-11/h7-8,16H,1-6,9H2.